The summed E-state index contributed by atoms with van der Waals surface area (Å²) in [7, 11) is -1.09. The van der Waals surface area contributed by atoms with Gasteiger partial charge < -0.3 is 9.30 Å². The molecule has 0 amide bonds. The monoisotopic (exact) mass is 360 g/mol. The van der Waals surface area contributed by atoms with Gasteiger partial charge in [-0.1, -0.05) is 31.2 Å². The van der Waals surface area contributed by atoms with Crippen LogP contribution in [0.2, 0.25) is 30.7 Å². The van der Waals surface area contributed by atoms with E-state index in [-0.39, 0.29) is 0 Å². The van der Waals surface area contributed by atoms with E-state index in [0.717, 1.165) is 34.8 Å². The van der Waals surface area contributed by atoms with Crippen molar-refractivity contribution in [2.45, 2.75) is 32.4 Å². The van der Waals surface area contributed by atoms with Crippen LogP contribution in [0.3, 0.4) is 0 Å². The highest BCUT2D eigenvalue weighted by Crippen LogP contribution is 2.33. The van der Waals surface area contributed by atoms with Gasteiger partial charge in [-0.3, -0.25) is 0 Å². The van der Waals surface area contributed by atoms with Gasteiger partial charge in [0.15, 0.2) is 0 Å². The molecule has 0 fully saturated rings. The summed E-state index contributed by atoms with van der Waals surface area (Å²) in [4.78, 5) is 12.7. The largest absolute Gasteiger partial charge is 0.361 e. The van der Waals surface area contributed by atoms with Crippen LogP contribution in [-0.2, 0) is 11.5 Å². The molecule has 0 aromatic carbocycles. The Kier molecular flexibility index (Phi) is 4.98. The van der Waals surface area contributed by atoms with Gasteiger partial charge in [0.25, 0.3) is 0 Å². The van der Waals surface area contributed by atoms with Gasteiger partial charge >= 0.3 is 0 Å². The van der Waals surface area contributed by atoms with Gasteiger partial charge in [-0.25, -0.2) is 15.0 Å². The maximum atomic E-state index is 6.42. The van der Waals surface area contributed by atoms with E-state index in [0.29, 0.717) is 11.8 Å². The van der Waals surface area contributed by atoms with E-state index in [9.17, 15) is 0 Å². The average Bonchev–Trinajstić information content (AvgIpc) is 2.92. The third kappa shape index (κ3) is 3.83. The summed E-state index contributed by atoms with van der Waals surface area (Å²) < 4.78 is 7.87. The first kappa shape index (κ1) is 17.1. The highest BCUT2D eigenvalue weighted by molar-refractivity contribution is 6.76. The van der Waals surface area contributed by atoms with Crippen molar-refractivity contribution in [3.8, 4) is 11.1 Å². The summed E-state index contributed by atoms with van der Waals surface area (Å²) in [5, 5.41) is 1.57. The number of hydrogen-bond acceptors (Lipinski definition) is 4. The second-order valence-corrected chi connectivity index (χ2v) is 13.0. The molecule has 0 aliphatic rings. The first-order valence-electron chi connectivity index (χ1n) is 7.92. The summed E-state index contributed by atoms with van der Waals surface area (Å²) in [6, 6.07) is 2.94. The molecule has 0 N–H and O–H groups in total. The van der Waals surface area contributed by atoms with Gasteiger partial charge in [0.1, 0.15) is 18.7 Å². The summed E-state index contributed by atoms with van der Waals surface area (Å²) in [5.74, 6) is 0. The third-order valence-corrected chi connectivity index (χ3v) is 5.82. The van der Waals surface area contributed by atoms with E-state index in [1.807, 2.05) is 10.8 Å². The van der Waals surface area contributed by atoms with Gasteiger partial charge in [0, 0.05) is 56.0 Å². The van der Waals surface area contributed by atoms with E-state index >= 15 is 0 Å². The van der Waals surface area contributed by atoms with Gasteiger partial charge in [-0.2, -0.15) is 0 Å². The number of pyridine rings is 1. The maximum absolute atomic E-state index is 6.42. The minimum absolute atomic E-state index is 0.460. The topological polar surface area (TPSA) is 52.8 Å². The van der Waals surface area contributed by atoms with E-state index in [1.165, 1.54) is 6.33 Å². The Balaban J connectivity index is 1.91. The molecular weight excluding hydrogens is 340 g/mol. The van der Waals surface area contributed by atoms with Crippen LogP contribution in [0.4, 0.5) is 0 Å². The predicted molar refractivity (Wildman–Crippen MR) is 99.9 cm³/mol. The zero-order valence-electron chi connectivity index (χ0n) is 14.2. The van der Waals surface area contributed by atoms with Gasteiger partial charge in [0.2, 0.25) is 0 Å². The Morgan fingerprint density at radius 2 is 1.96 bits per heavy atom. The molecule has 0 aliphatic heterocycles. The van der Waals surface area contributed by atoms with Crippen LogP contribution in [-0.4, -0.2) is 34.2 Å². The summed E-state index contributed by atoms with van der Waals surface area (Å²) in [6.07, 6.45) is 8.80. The zero-order valence-corrected chi connectivity index (χ0v) is 15.9. The molecule has 3 aromatic heterocycles. The zero-order chi connectivity index (χ0) is 17.2. The molecule has 0 aliphatic carbocycles. The molecule has 0 saturated heterocycles. The van der Waals surface area contributed by atoms with Crippen molar-refractivity contribution >= 4 is 30.7 Å². The fourth-order valence-corrected chi connectivity index (χ4v) is 3.47. The second kappa shape index (κ2) is 7.00. The molecule has 126 valence electrons. The van der Waals surface area contributed by atoms with Gasteiger partial charge in [-0.05, 0) is 12.1 Å². The molecule has 0 unspecified atom stereocenters. The molecule has 0 atom stereocenters. The van der Waals surface area contributed by atoms with Crippen molar-refractivity contribution in [1.82, 2.24) is 19.5 Å². The van der Waals surface area contributed by atoms with Crippen molar-refractivity contribution in [3.05, 3.63) is 42.2 Å². The van der Waals surface area contributed by atoms with Crippen LogP contribution in [0.5, 0.6) is 0 Å². The Hall–Kier alpha value is -1.76. The van der Waals surface area contributed by atoms with Crippen molar-refractivity contribution < 1.29 is 4.74 Å². The molecule has 24 heavy (non-hydrogen) atoms. The molecular formula is C17H21ClN4OSi. The van der Waals surface area contributed by atoms with E-state index in [1.54, 1.807) is 24.7 Å². The highest BCUT2D eigenvalue weighted by Gasteiger charge is 2.16. The van der Waals surface area contributed by atoms with Crippen LogP contribution in [0.15, 0.2) is 37.2 Å². The first-order valence-corrected chi connectivity index (χ1v) is 12.0. The Labute approximate surface area is 147 Å². The minimum atomic E-state index is -1.09. The molecule has 3 rings (SSSR count). The number of fused-ring (bicyclic) bond motifs is 1. The molecule has 3 aromatic rings. The molecule has 0 radical (unpaired) electrons. The summed E-state index contributed by atoms with van der Waals surface area (Å²) in [6.45, 7) is 8.25. The lowest BCUT2D eigenvalue weighted by Crippen LogP contribution is -2.22. The predicted octanol–water partition coefficient (Wildman–Crippen LogP) is 4.46. The lowest BCUT2D eigenvalue weighted by molar-refractivity contribution is 0.0899. The standard InChI is InChI=1S/C17H21ClN4OSi/c1-24(2,3)7-6-23-12-22-10-14(13-8-19-11-20-9-13)16-15(18)4-5-21-17(16)22/h4-5,8-11H,6-7,12H2,1-3H3. The number of ether oxygens (including phenoxy) is 1. The minimum Gasteiger partial charge on any atom is -0.361 e. The summed E-state index contributed by atoms with van der Waals surface area (Å²) >= 11 is 6.42. The third-order valence-electron chi connectivity index (χ3n) is 3.80. The molecule has 3 heterocycles. The maximum Gasteiger partial charge on any atom is 0.143 e. The van der Waals surface area contributed by atoms with E-state index in [2.05, 4.69) is 34.6 Å². The van der Waals surface area contributed by atoms with Gasteiger partial charge in [-0.15, -0.1) is 0 Å². The average molecular weight is 361 g/mol. The lowest BCUT2D eigenvalue weighted by atomic mass is 10.1. The van der Waals surface area contributed by atoms with E-state index in [4.69, 9.17) is 16.3 Å². The Bertz CT molecular complexity index is 830. The van der Waals surface area contributed by atoms with Gasteiger partial charge in [0.05, 0.1) is 5.02 Å². The van der Waals surface area contributed by atoms with Crippen LogP contribution in [0.1, 0.15) is 0 Å². The summed E-state index contributed by atoms with van der Waals surface area (Å²) in [5.41, 5.74) is 2.70. The first-order chi connectivity index (χ1) is 11.5. The van der Waals surface area contributed by atoms with Crippen LogP contribution in [0.25, 0.3) is 22.2 Å². The van der Waals surface area contributed by atoms with Crippen molar-refractivity contribution in [3.63, 3.8) is 0 Å². The number of rotatable bonds is 6. The highest BCUT2D eigenvalue weighted by atomic mass is 35.5. The SMILES string of the molecule is C[Si](C)(C)CCOCn1cc(-c2cncnc2)c2c(Cl)ccnc21. The lowest BCUT2D eigenvalue weighted by Gasteiger charge is -2.15. The quantitative estimate of drug-likeness (QED) is 0.481. The molecule has 0 spiro atoms. The van der Waals surface area contributed by atoms with E-state index < -0.39 is 8.07 Å². The van der Waals surface area contributed by atoms with Crippen molar-refractivity contribution in [2.75, 3.05) is 6.61 Å². The number of aromatic nitrogens is 4. The molecule has 0 bridgehead atoms. The molecule has 7 heteroatoms. The smallest absolute Gasteiger partial charge is 0.143 e. The van der Waals surface area contributed by atoms with Crippen LogP contribution >= 0.6 is 11.6 Å². The van der Waals surface area contributed by atoms with Crippen molar-refractivity contribution in [1.29, 1.82) is 0 Å². The Morgan fingerprint density at radius 3 is 2.67 bits per heavy atom. The number of hydrogen-bond donors (Lipinski definition) is 0. The fraction of sp³-hybridized carbons (Fsp3) is 0.353. The van der Waals surface area contributed by atoms with Crippen molar-refractivity contribution in [2.24, 2.45) is 0 Å². The van der Waals surface area contributed by atoms with Crippen LogP contribution < -0.4 is 0 Å². The number of nitrogens with zero attached hydrogens (tertiary/aromatic N) is 4. The second-order valence-electron chi connectivity index (χ2n) is 6.98. The normalized spacial score (nSPS) is 12.0. The Morgan fingerprint density at radius 1 is 1.21 bits per heavy atom. The molecule has 5 nitrogen and oxygen atoms in total. The molecule has 0 saturated carbocycles. The van der Waals surface area contributed by atoms with Crippen LogP contribution in [0, 0.1) is 0 Å². The fourth-order valence-electron chi connectivity index (χ4n) is 2.47. The number of halogens is 1.